The van der Waals surface area contributed by atoms with Crippen LogP contribution in [0, 0.1) is 0 Å². The van der Waals surface area contributed by atoms with E-state index in [2.05, 4.69) is 42.1 Å². The quantitative estimate of drug-likeness (QED) is 0.635. The van der Waals surface area contributed by atoms with Gasteiger partial charge in [-0.25, -0.2) is 19.7 Å². The number of urea groups is 1. The molecular weight excluding hydrogens is 282 g/mol. The molecule has 0 spiro atoms. The molecule has 0 saturated carbocycles. The molecule has 0 saturated heterocycles. The van der Waals surface area contributed by atoms with Crippen molar-refractivity contribution in [3.05, 3.63) is 43.4 Å². The van der Waals surface area contributed by atoms with Crippen LogP contribution in [0.3, 0.4) is 0 Å². The van der Waals surface area contributed by atoms with Gasteiger partial charge in [0, 0.05) is 18.9 Å². The van der Waals surface area contributed by atoms with Crippen LogP contribution in [0.1, 0.15) is 0 Å². The highest BCUT2D eigenvalue weighted by Gasteiger charge is 2.07. The molecule has 0 aliphatic heterocycles. The van der Waals surface area contributed by atoms with Crippen LogP contribution in [-0.2, 0) is 0 Å². The third kappa shape index (κ3) is 2.90. The van der Waals surface area contributed by atoms with E-state index in [-0.39, 0.29) is 6.03 Å². The molecule has 8 heteroatoms. The van der Waals surface area contributed by atoms with E-state index in [0.717, 1.165) is 0 Å². The van der Waals surface area contributed by atoms with E-state index in [1.807, 2.05) is 0 Å². The van der Waals surface area contributed by atoms with Gasteiger partial charge in [0.25, 0.3) is 0 Å². The molecule has 3 heterocycles. The van der Waals surface area contributed by atoms with Crippen LogP contribution in [0.4, 0.5) is 10.6 Å². The maximum atomic E-state index is 11.6. The maximum Gasteiger partial charge on any atom is 0.320 e. The average molecular weight is 295 g/mol. The average Bonchev–Trinajstić information content (AvgIpc) is 3.06. The first-order valence-corrected chi connectivity index (χ1v) is 6.55. The smallest absolute Gasteiger partial charge is 0.320 e. The fourth-order valence-electron chi connectivity index (χ4n) is 1.81. The molecule has 0 bridgehead atoms. The Morgan fingerprint density at radius 3 is 3.00 bits per heavy atom. The Morgan fingerprint density at radius 2 is 2.23 bits per heavy atom. The molecule has 0 aromatic carbocycles. The summed E-state index contributed by atoms with van der Waals surface area (Å²) in [5.41, 5.74) is 1.64. The summed E-state index contributed by atoms with van der Waals surface area (Å²) in [6.07, 6.45) is 6.55. The summed E-state index contributed by atoms with van der Waals surface area (Å²) < 4.78 is 0. The molecule has 0 radical (unpaired) electrons. The van der Waals surface area contributed by atoms with Crippen molar-refractivity contribution in [3.8, 4) is 11.5 Å². The second kappa shape index (κ2) is 6.00. The van der Waals surface area contributed by atoms with Crippen LogP contribution in [0.5, 0.6) is 0 Å². The number of rotatable bonds is 4. The Balaban J connectivity index is 1.87. The number of H-pyrrole nitrogens is 1. The van der Waals surface area contributed by atoms with Crippen molar-refractivity contribution in [1.29, 1.82) is 0 Å². The van der Waals surface area contributed by atoms with Gasteiger partial charge < -0.3 is 10.3 Å². The van der Waals surface area contributed by atoms with Crippen LogP contribution < -0.4 is 10.6 Å². The van der Waals surface area contributed by atoms with E-state index in [1.54, 1.807) is 36.8 Å². The first-order chi connectivity index (χ1) is 10.8. The topological polar surface area (TPSA) is 108 Å². The molecular formula is C14H13N7O. The number of amides is 2. The van der Waals surface area contributed by atoms with Gasteiger partial charge in [-0.05, 0) is 12.1 Å². The number of carbonyl (C=O) groups is 1. The van der Waals surface area contributed by atoms with Crippen LogP contribution in [0.2, 0.25) is 0 Å². The van der Waals surface area contributed by atoms with E-state index in [1.165, 1.54) is 0 Å². The zero-order valence-corrected chi connectivity index (χ0v) is 11.6. The Morgan fingerprint density at radius 1 is 1.32 bits per heavy atom. The molecule has 0 aliphatic rings. The molecule has 8 nitrogen and oxygen atoms in total. The second-order valence-electron chi connectivity index (χ2n) is 4.36. The number of aromatic nitrogens is 5. The Bertz CT molecular complexity index is 813. The number of nitrogens with one attached hydrogen (secondary N) is 3. The highest BCUT2D eigenvalue weighted by molar-refractivity contribution is 5.89. The molecule has 22 heavy (non-hydrogen) atoms. The number of anilines is 1. The lowest BCUT2D eigenvalue weighted by atomic mass is 10.3. The van der Waals surface area contributed by atoms with Crippen LogP contribution in [0.25, 0.3) is 22.7 Å². The fourth-order valence-corrected chi connectivity index (χ4v) is 1.81. The Kier molecular flexibility index (Phi) is 3.73. The van der Waals surface area contributed by atoms with Crippen molar-refractivity contribution in [2.75, 3.05) is 11.9 Å². The molecule has 0 fully saturated rings. The largest absolute Gasteiger partial charge is 0.343 e. The van der Waals surface area contributed by atoms with Gasteiger partial charge in [0.15, 0.2) is 11.5 Å². The summed E-state index contributed by atoms with van der Waals surface area (Å²) in [7, 11) is 0. The lowest BCUT2D eigenvalue weighted by molar-refractivity contribution is 0.253. The van der Waals surface area contributed by atoms with Gasteiger partial charge in [-0.15, -0.1) is 6.58 Å². The van der Waals surface area contributed by atoms with Crippen molar-refractivity contribution in [1.82, 2.24) is 30.2 Å². The molecule has 3 N–H and O–H groups in total. The Hall–Kier alpha value is -3.29. The van der Waals surface area contributed by atoms with E-state index in [4.69, 9.17) is 0 Å². The summed E-state index contributed by atoms with van der Waals surface area (Å²) in [5.74, 6) is 0.998. The summed E-state index contributed by atoms with van der Waals surface area (Å²) in [6, 6.07) is 3.04. The standard InChI is InChI=1S/C14H13N7O/c1-2-5-17-14(22)21-11-4-3-9-13(20-11)19-10(8-18-9)12-15-6-7-16-12/h2-4,6-8H,1,5H2,(H,15,16)(H2,17,19,20,21,22). The Labute approximate surface area is 125 Å². The van der Waals surface area contributed by atoms with Crippen molar-refractivity contribution in [2.24, 2.45) is 0 Å². The van der Waals surface area contributed by atoms with Crippen molar-refractivity contribution in [2.45, 2.75) is 0 Å². The zero-order valence-electron chi connectivity index (χ0n) is 11.6. The van der Waals surface area contributed by atoms with Crippen LogP contribution in [-0.4, -0.2) is 37.5 Å². The molecule has 0 atom stereocenters. The third-order valence-corrected chi connectivity index (χ3v) is 2.80. The molecule has 110 valence electrons. The first kappa shape index (κ1) is 13.7. The minimum atomic E-state index is -0.359. The summed E-state index contributed by atoms with van der Waals surface area (Å²) in [6.45, 7) is 3.91. The number of hydrogen-bond donors (Lipinski definition) is 3. The van der Waals surface area contributed by atoms with E-state index >= 15 is 0 Å². The van der Waals surface area contributed by atoms with Gasteiger partial charge in [-0.1, -0.05) is 6.08 Å². The van der Waals surface area contributed by atoms with Crippen molar-refractivity contribution in [3.63, 3.8) is 0 Å². The molecule has 3 rings (SSSR count). The van der Waals surface area contributed by atoms with Crippen LogP contribution >= 0.6 is 0 Å². The molecule has 3 aromatic rings. The highest BCUT2D eigenvalue weighted by atomic mass is 16.2. The first-order valence-electron chi connectivity index (χ1n) is 6.55. The molecule has 0 aliphatic carbocycles. The number of carbonyl (C=O) groups excluding carboxylic acids is 1. The number of imidazole rings is 1. The maximum absolute atomic E-state index is 11.6. The number of pyridine rings is 1. The molecule has 2 amide bonds. The SMILES string of the molecule is C=CCNC(=O)Nc1ccc2ncc(-c3ncc[nH]3)nc2n1. The van der Waals surface area contributed by atoms with E-state index in [9.17, 15) is 4.79 Å². The minimum absolute atomic E-state index is 0.359. The number of fused-ring (bicyclic) bond motifs is 1. The molecule has 3 aromatic heterocycles. The van der Waals surface area contributed by atoms with Gasteiger partial charge in [0.1, 0.15) is 17.0 Å². The summed E-state index contributed by atoms with van der Waals surface area (Å²) in [4.78, 5) is 31.6. The van der Waals surface area contributed by atoms with Gasteiger partial charge in [-0.3, -0.25) is 10.3 Å². The van der Waals surface area contributed by atoms with Gasteiger partial charge in [-0.2, -0.15) is 0 Å². The summed E-state index contributed by atoms with van der Waals surface area (Å²) in [5, 5.41) is 5.23. The summed E-state index contributed by atoms with van der Waals surface area (Å²) >= 11 is 0. The van der Waals surface area contributed by atoms with Gasteiger partial charge in [0.2, 0.25) is 0 Å². The lowest BCUT2D eigenvalue weighted by Crippen LogP contribution is -2.28. The minimum Gasteiger partial charge on any atom is -0.343 e. The van der Waals surface area contributed by atoms with Gasteiger partial charge in [0.05, 0.1) is 6.20 Å². The number of nitrogens with zero attached hydrogens (tertiary/aromatic N) is 4. The monoisotopic (exact) mass is 295 g/mol. The third-order valence-electron chi connectivity index (χ3n) is 2.80. The number of aromatic amines is 1. The highest BCUT2D eigenvalue weighted by Crippen LogP contribution is 2.16. The normalized spacial score (nSPS) is 10.4. The predicted molar refractivity (Wildman–Crippen MR) is 82.1 cm³/mol. The van der Waals surface area contributed by atoms with Crippen molar-refractivity contribution >= 4 is 23.0 Å². The van der Waals surface area contributed by atoms with Crippen molar-refractivity contribution < 1.29 is 4.79 Å². The lowest BCUT2D eigenvalue weighted by Gasteiger charge is -2.06. The fraction of sp³-hybridized carbons (Fsp3) is 0.0714. The predicted octanol–water partition coefficient (Wildman–Crippen LogP) is 1.72. The number of hydrogen-bond acceptors (Lipinski definition) is 5. The van der Waals surface area contributed by atoms with E-state index < -0.39 is 0 Å². The zero-order chi connectivity index (χ0) is 15.4. The van der Waals surface area contributed by atoms with E-state index in [0.29, 0.717) is 35.0 Å². The second-order valence-corrected chi connectivity index (χ2v) is 4.36. The van der Waals surface area contributed by atoms with Gasteiger partial charge >= 0.3 is 6.03 Å². The molecule has 0 unspecified atom stereocenters. The van der Waals surface area contributed by atoms with Crippen LogP contribution in [0.15, 0.2) is 43.4 Å².